The second-order valence-corrected chi connectivity index (χ2v) is 9.49. The number of Topliss-reactive ketones (excluding diaryl/α,β-unsaturated/α-hetero) is 1. The molecule has 36 heavy (non-hydrogen) atoms. The zero-order chi connectivity index (χ0) is 25.4. The maximum atomic E-state index is 14.3. The van der Waals surface area contributed by atoms with Crippen LogP contribution in [0.1, 0.15) is 42.7 Å². The molecular weight excluding hydrogens is 482 g/mol. The average Bonchev–Trinajstić information content (AvgIpc) is 2.85. The minimum Gasteiger partial charge on any atom is -0.362 e. The number of carbonyl (C=O) groups is 2. The highest BCUT2D eigenvalue weighted by Gasteiger charge is 2.41. The van der Waals surface area contributed by atoms with Gasteiger partial charge in [-0.25, -0.2) is 8.78 Å². The molecule has 2 aliphatic rings. The lowest BCUT2D eigenvalue weighted by molar-refractivity contribution is -0.116. The lowest BCUT2D eigenvalue weighted by Crippen LogP contribution is -2.37. The largest absolute Gasteiger partial charge is 0.362 e. The molecule has 0 unspecified atom stereocenters. The highest BCUT2D eigenvalue weighted by atomic mass is 35.5. The molecule has 0 fully saturated rings. The van der Waals surface area contributed by atoms with Gasteiger partial charge >= 0.3 is 0 Å². The molecule has 2 N–H and O–H groups in total. The predicted octanol–water partition coefficient (Wildman–Crippen LogP) is 6.62. The van der Waals surface area contributed by atoms with Gasteiger partial charge < -0.3 is 10.6 Å². The molecule has 5 rings (SSSR count). The third kappa shape index (κ3) is 4.56. The second kappa shape index (κ2) is 9.70. The van der Waals surface area contributed by atoms with Crippen molar-refractivity contribution in [3.63, 3.8) is 0 Å². The van der Waals surface area contributed by atoms with Crippen molar-refractivity contribution in [3.8, 4) is 0 Å². The Bertz CT molecular complexity index is 1410. The van der Waals surface area contributed by atoms with E-state index >= 15 is 0 Å². The molecular formula is C29H23ClF2N2O2. The zero-order valence-electron chi connectivity index (χ0n) is 19.4. The van der Waals surface area contributed by atoms with Crippen LogP contribution in [0, 0.1) is 11.6 Å². The summed E-state index contributed by atoms with van der Waals surface area (Å²) >= 11 is 6.11. The fourth-order valence-corrected chi connectivity index (χ4v) is 5.20. The summed E-state index contributed by atoms with van der Waals surface area (Å²) in [6.07, 6.45) is 0.934. The van der Waals surface area contributed by atoms with Gasteiger partial charge in [-0.1, -0.05) is 54.1 Å². The normalized spacial score (nSPS) is 19.6. The van der Waals surface area contributed by atoms with Crippen LogP contribution in [0.25, 0.3) is 0 Å². The fraction of sp³-hybridized carbons (Fsp3) is 0.172. The number of hydrogen-bond acceptors (Lipinski definition) is 3. The van der Waals surface area contributed by atoms with Crippen LogP contribution < -0.4 is 10.6 Å². The Morgan fingerprint density at radius 1 is 0.972 bits per heavy atom. The quantitative estimate of drug-likeness (QED) is 0.420. The Hall–Kier alpha value is -3.77. The molecule has 0 saturated carbocycles. The van der Waals surface area contributed by atoms with E-state index in [0.29, 0.717) is 40.8 Å². The van der Waals surface area contributed by atoms with Crippen molar-refractivity contribution in [2.75, 3.05) is 5.32 Å². The summed E-state index contributed by atoms with van der Waals surface area (Å²) in [4.78, 5) is 27.1. The molecule has 0 saturated heterocycles. The Morgan fingerprint density at radius 3 is 2.39 bits per heavy atom. The van der Waals surface area contributed by atoms with Gasteiger partial charge in [0.2, 0.25) is 0 Å². The monoisotopic (exact) mass is 504 g/mol. The number of amides is 1. The fourth-order valence-electron chi connectivity index (χ4n) is 5.07. The first-order chi connectivity index (χ1) is 17.3. The molecule has 7 heteroatoms. The number of allylic oxidation sites excluding steroid dienone is 3. The van der Waals surface area contributed by atoms with Crippen molar-refractivity contribution in [1.29, 1.82) is 0 Å². The van der Waals surface area contributed by atoms with Gasteiger partial charge in [0, 0.05) is 46.0 Å². The molecule has 3 aromatic carbocycles. The van der Waals surface area contributed by atoms with E-state index in [1.807, 2.05) is 30.3 Å². The molecule has 1 aliphatic carbocycles. The van der Waals surface area contributed by atoms with E-state index < -0.39 is 23.5 Å². The lowest BCUT2D eigenvalue weighted by Gasteiger charge is -2.37. The lowest BCUT2D eigenvalue weighted by atomic mass is 9.71. The highest BCUT2D eigenvalue weighted by molar-refractivity contribution is 6.30. The van der Waals surface area contributed by atoms with Gasteiger partial charge in [0.25, 0.3) is 5.91 Å². The van der Waals surface area contributed by atoms with Gasteiger partial charge in [-0.15, -0.1) is 0 Å². The third-order valence-corrected chi connectivity index (χ3v) is 6.98. The molecule has 0 aromatic heterocycles. The van der Waals surface area contributed by atoms with Crippen LogP contribution in [0.15, 0.2) is 95.3 Å². The molecule has 182 valence electrons. The number of hydrogen-bond donors (Lipinski definition) is 2. The van der Waals surface area contributed by atoms with Gasteiger partial charge in [-0.3, -0.25) is 9.59 Å². The Kier molecular flexibility index (Phi) is 6.46. The van der Waals surface area contributed by atoms with E-state index in [1.54, 1.807) is 31.2 Å². The Balaban J connectivity index is 1.56. The Morgan fingerprint density at radius 2 is 1.69 bits per heavy atom. The van der Waals surface area contributed by atoms with Crippen LogP contribution in [0.3, 0.4) is 0 Å². The molecule has 1 amide bonds. The summed E-state index contributed by atoms with van der Waals surface area (Å²) < 4.78 is 27.7. The van der Waals surface area contributed by atoms with Crippen molar-refractivity contribution < 1.29 is 18.4 Å². The zero-order valence-corrected chi connectivity index (χ0v) is 20.2. The van der Waals surface area contributed by atoms with Crippen molar-refractivity contribution in [2.45, 2.75) is 31.6 Å². The molecule has 0 radical (unpaired) electrons. The van der Waals surface area contributed by atoms with E-state index in [4.69, 9.17) is 11.6 Å². The van der Waals surface area contributed by atoms with Gasteiger partial charge in [-0.05, 0) is 54.7 Å². The van der Waals surface area contributed by atoms with Gasteiger partial charge in [0.15, 0.2) is 5.78 Å². The van der Waals surface area contributed by atoms with Crippen molar-refractivity contribution in [2.24, 2.45) is 0 Å². The smallest absolute Gasteiger partial charge is 0.254 e. The molecule has 3 aromatic rings. The first-order valence-corrected chi connectivity index (χ1v) is 12.0. The van der Waals surface area contributed by atoms with Gasteiger partial charge in [-0.2, -0.15) is 0 Å². The van der Waals surface area contributed by atoms with E-state index in [0.717, 1.165) is 22.9 Å². The summed E-state index contributed by atoms with van der Waals surface area (Å²) in [6.45, 7) is 1.76. The number of benzene rings is 3. The van der Waals surface area contributed by atoms with Crippen LogP contribution in [0.2, 0.25) is 5.02 Å². The molecule has 1 heterocycles. The van der Waals surface area contributed by atoms with E-state index in [-0.39, 0.29) is 17.4 Å². The van der Waals surface area contributed by atoms with E-state index in [9.17, 15) is 18.4 Å². The van der Waals surface area contributed by atoms with E-state index in [1.165, 1.54) is 6.07 Å². The second-order valence-electron chi connectivity index (χ2n) is 9.06. The third-order valence-electron chi connectivity index (χ3n) is 6.73. The summed E-state index contributed by atoms with van der Waals surface area (Å²) in [5, 5.41) is 6.38. The number of halogens is 3. The van der Waals surface area contributed by atoms with Crippen LogP contribution in [-0.4, -0.2) is 11.7 Å². The highest BCUT2D eigenvalue weighted by Crippen LogP contribution is 2.45. The van der Waals surface area contributed by atoms with E-state index in [2.05, 4.69) is 10.6 Å². The van der Waals surface area contributed by atoms with Crippen molar-refractivity contribution in [3.05, 3.63) is 123 Å². The van der Waals surface area contributed by atoms with Crippen LogP contribution >= 0.6 is 11.6 Å². The maximum Gasteiger partial charge on any atom is 0.254 e. The molecule has 2 atom stereocenters. The van der Waals surface area contributed by atoms with Crippen LogP contribution in [0.5, 0.6) is 0 Å². The summed E-state index contributed by atoms with van der Waals surface area (Å²) in [7, 11) is 0. The Labute approximate surface area is 212 Å². The number of nitrogens with one attached hydrogen (secondary N) is 2. The number of anilines is 1. The van der Waals surface area contributed by atoms with Gasteiger partial charge in [0.1, 0.15) is 11.6 Å². The molecule has 0 spiro atoms. The standard InChI is InChI=1S/C29H23ClF2N2O2/c1-16-26(29(36)34-23-12-11-21(31)15-22(23)32)27(18-7-9-20(30)10-8-18)28-24(33-16)13-19(14-25(28)35)17-5-3-2-4-6-17/h2-12,15,19,27,33H,13-14H2,1H3,(H,34,36)/t19-,27-/m1/s1. The number of ketones is 1. The van der Waals surface area contributed by atoms with Crippen LogP contribution in [-0.2, 0) is 9.59 Å². The van der Waals surface area contributed by atoms with Gasteiger partial charge in [0.05, 0.1) is 5.69 Å². The minimum atomic E-state index is -0.882. The predicted molar refractivity (Wildman–Crippen MR) is 135 cm³/mol. The first-order valence-electron chi connectivity index (χ1n) is 11.6. The first kappa shape index (κ1) is 23.9. The van der Waals surface area contributed by atoms with Crippen molar-refractivity contribution >= 4 is 29.0 Å². The number of carbonyl (C=O) groups excluding carboxylic acids is 2. The molecule has 0 bridgehead atoms. The summed E-state index contributed by atoms with van der Waals surface area (Å²) in [6, 6.07) is 19.8. The maximum absolute atomic E-state index is 14.3. The summed E-state index contributed by atoms with van der Waals surface area (Å²) in [5.74, 6) is -2.89. The van der Waals surface area contributed by atoms with Crippen molar-refractivity contribution in [1.82, 2.24) is 5.32 Å². The summed E-state index contributed by atoms with van der Waals surface area (Å²) in [5.41, 5.74) is 3.84. The molecule has 1 aliphatic heterocycles. The minimum absolute atomic E-state index is 0.0207. The number of rotatable bonds is 4. The topological polar surface area (TPSA) is 58.2 Å². The molecule has 4 nitrogen and oxygen atoms in total. The van der Waals surface area contributed by atoms with Crippen LogP contribution in [0.4, 0.5) is 14.5 Å². The SMILES string of the molecule is CC1=C(C(=O)Nc2ccc(F)cc2F)[C@@H](c2ccc(Cl)cc2)C2=C(C[C@@H](c3ccccc3)CC2=O)N1. The number of dihydropyridines is 1. The average molecular weight is 505 g/mol.